The normalized spacial score (nSPS) is 10.1. The molecule has 180 valence electrons. The minimum atomic E-state index is -1.55. The number of hydrogen-bond acceptors (Lipinski definition) is 4. The summed E-state index contributed by atoms with van der Waals surface area (Å²) in [5, 5.41) is 23.8. The molecule has 0 bridgehead atoms. The largest absolute Gasteiger partial charge is 0.545 e. The lowest BCUT2D eigenvalue weighted by Crippen LogP contribution is -2.84. The van der Waals surface area contributed by atoms with Crippen LogP contribution in [0.3, 0.4) is 0 Å². The van der Waals surface area contributed by atoms with Gasteiger partial charge in [-0.15, -0.1) is 0 Å². The molecule has 0 aliphatic heterocycles. The molecule has 0 rings (SSSR count). The Balaban J connectivity index is -0.000000370. The highest BCUT2D eigenvalue weighted by atomic mass is 16.4. The summed E-state index contributed by atoms with van der Waals surface area (Å²) in [5.74, 6) is -3.09. The number of nitrogens with two attached hydrogens (primary N) is 2. The molecule has 0 aliphatic carbocycles. The van der Waals surface area contributed by atoms with Gasteiger partial charge in [0, 0.05) is 0 Å². The van der Waals surface area contributed by atoms with Gasteiger partial charge in [0.15, 0.2) is 0 Å². The van der Waals surface area contributed by atoms with Crippen molar-refractivity contribution in [2.45, 2.75) is 105 Å². The first-order valence-corrected chi connectivity index (χ1v) is 12.2. The fraction of sp³-hybridized carbons (Fsp3) is 0.833. The molecule has 0 aromatic heterocycles. The fourth-order valence-corrected chi connectivity index (χ4v) is 2.58. The minimum absolute atomic E-state index is 0.384. The van der Waals surface area contributed by atoms with E-state index in [1.807, 2.05) is 0 Å². The number of carbonyl (C=O) groups excluding carboxylic acids is 2. The van der Waals surface area contributed by atoms with E-state index in [2.05, 4.69) is 38.3 Å². The van der Waals surface area contributed by atoms with E-state index >= 15 is 0 Å². The van der Waals surface area contributed by atoms with E-state index in [9.17, 15) is 19.8 Å². The highest BCUT2D eigenvalue weighted by Gasteiger charge is 1.91. The standard InChI is InChI=1S/2C10H23N.C4H4O4/c2*1-3-5-7-9-11-10-8-6-4-2;5-3(6)1-2-4(7)8/h2*11H,3-10H2,1-2H3;1-2H,(H,5,6)(H,7,8). The number of quaternary nitrogens is 2. The molecule has 0 aliphatic rings. The molecular formula is C24H50N2O4. The van der Waals surface area contributed by atoms with E-state index < -0.39 is 11.9 Å². The van der Waals surface area contributed by atoms with Gasteiger partial charge in [0.25, 0.3) is 0 Å². The molecule has 0 amide bonds. The average Bonchev–Trinajstić information content (AvgIpc) is 2.72. The van der Waals surface area contributed by atoms with Gasteiger partial charge >= 0.3 is 0 Å². The van der Waals surface area contributed by atoms with Crippen LogP contribution in [0.15, 0.2) is 12.2 Å². The summed E-state index contributed by atoms with van der Waals surface area (Å²) in [5.41, 5.74) is 0. The summed E-state index contributed by atoms with van der Waals surface area (Å²) in [6.07, 6.45) is 17.4. The summed E-state index contributed by atoms with van der Waals surface area (Å²) in [6.45, 7) is 14.4. The smallest absolute Gasteiger partial charge is 0.0755 e. The molecule has 0 fully saturated rings. The van der Waals surface area contributed by atoms with Crippen LogP contribution in [0.2, 0.25) is 0 Å². The summed E-state index contributed by atoms with van der Waals surface area (Å²) >= 11 is 0. The molecule has 0 aromatic carbocycles. The maximum atomic E-state index is 9.41. The van der Waals surface area contributed by atoms with Crippen molar-refractivity contribution in [2.75, 3.05) is 26.2 Å². The lowest BCUT2D eigenvalue weighted by Gasteiger charge is -1.99. The topological polar surface area (TPSA) is 113 Å². The van der Waals surface area contributed by atoms with Crippen molar-refractivity contribution in [3.63, 3.8) is 0 Å². The van der Waals surface area contributed by atoms with Crippen molar-refractivity contribution in [3.05, 3.63) is 12.2 Å². The Labute approximate surface area is 185 Å². The second kappa shape index (κ2) is 32.3. The zero-order valence-electron chi connectivity index (χ0n) is 20.3. The third-order valence-electron chi connectivity index (χ3n) is 4.40. The maximum absolute atomic E-state index is 9.41. The Hall–Kier alpha value is -1.40. The van der Waals surface area contributed by atoms with Crippen molar-refractivity contribution in [1.82, 2.24) is 0 Å². The Morgan fingerprint density at radius 2 is 0.767 bits per heavy atom. The van der Waals surface area contributed by atoms with Crippen LogP contribution < -0.4 is 20.8 Å². The molecular weight excluding hydrogens is 380 g/mol. The number of hydrogen-bond donors (Lipinski definition) is 2. The van der Waals surface area contributed by atoms with E-state index in [0.717, 1.165) is 0 Å². The maximum Gasteiger partial charge on any atom is 0.0755 e. The predicted molar refractivity (Wildman–Crippen MR) is 121 cm³/mol. The molecule has 0 aromatic rings. The fourth-order valence-electron chi connectivity index (χ4n) is 2.58. The first kappa shape index (κ1) is 33.2. The number of carbonyl (C=O) groups is 2. The third-order valence-corrected chi connectivity index (χ3v) is 4.40. The van der Waals surface area contributed by atoms with Gasteiger partial charge in [-0.25, -0.2) is 0 Å². The zero-order chi connectivity index (χ0) is 23.3. The van der Waals surface area contributed by atoms with Crippen LogP contribution in [0.5, 0.6) is 0 Å². The van der Waals surface area contributed by atoms with E-state index in [1.54, 1.807) is 0 Å². The van der Waals surface area contributed by atoms with Crippen LogP contribution >= 0.6 is 0 Å². The third kappa shape index (κ3) is 45.4. The Bertz CT molecular complexity index is 324. The lowest BCUT2D eigenvalue weighted by atomic mass is 10.2. The summed E-state index contributed by atoms with van der Waals surface area (Å²) < 4.78 is 0. The quantitative estimate of drug-likeness (QED) is 0.248. The Morgan fingerprint density at radius 3 is 0.933 bits per heavy atom. The van der Waals surface area contributed by atoms with Gasteiger partial charge in [-0.05, 0) is 63.5 Å². The van der Waals surface area contributed by atoms with E-state index in [-0.39, 0.29) is 0 Å². The first-order valence-electron chi connectivity index (χ1n) is 12.2. The van der Waals surface area contributed by atoms with Gasteiger partial charge in [-0.2, -0.15) is 0 Å². The second-order valence-corrected chi connectivity index (χ2v) is 7.53. The van der Waals surface area contributed by atoms with Gasteiger partial charge in [-0.3, -0.25) is 0 Å². The highest BCUT2D eigenvalue weighted by Crippen LogP contribution is 1.91. The number of aliphatic carboxylic acids is 2. The van der Waals surface area contributed by atoms with Crippen molar-refractivity contribution in [3.8, 4) is 0 Å². The van der Waals surface area contributed by atoms with Gasteiger partial charge in [-0.1, -0.05) is 53.4 Å². The molecule has 0 saturated carbocycles. The highest BCUT2D eigenvalue weighted by molar-refractivity contribution is 5.87. The molecule has 0 radical (unpaired) electrons. The van der Waals surface area contributed by atoms with Crippen molar-refractivity contribution >= 4 is 11.9 Å². The van der Waals surface area contributed by atoms with Crippen molar-refractivity contribution in [1.29, 1.82) is 0 Å². The van der Waals surface area contributed by atoms with Crippen LogP contribution in [0.1, 0.15) is 105 Å². The summed E-state index contributed by atoms with van der Waals surface area (Å²) in [6, 6.07) is 0. The number of unbranched alkanes of at least 4 members (excludes halogenated alkanes) is 8. The van der Waals surface area contributed by atoms with Crippen molar-refractivity contribution < 1.29 is 30.4 Å². The van der Waals surface area contributed by atoms with Gasteiger partial charge < -0.3 is 30.4 Å². The van der Waals surface area contributed by atoms with Crippen LogP contribution in [-0.2, 0) is 9.59 Å². The molecule has 0 unspecified atom stereocenters. The Kier molecular flexibility index (Phi) is 35.8. The molecule has 0 saturated heterocycles. The SMILES string of the molecule is CCCCC[NH2+]CCCCC.CCCCC[NH2+]CCCCC.O=C([O-])C=CC(=O)[O-]. The van der Waals surface area contributed by atoms with Gasteiger partial charge in [0.05, 0.1) is 38.1 Å². The van der Waals surface area contributed by atoms with Crippen LogP contribution in [0.25, 0.3) is 0 Å². The summed E-state index contributed by atoms with van der Waals surface area (Å²) in [7, 11) is 0. The minimum Gasteiger partial charge on any atom is -0.545 e. The molecule has 0 spiro atoms. The molecule has 6 nitrogen and oxygen atoms in total. The lowest BCUT2D eigenvalue weighted by molar-refractivity contribution is -0.655. The molecule has 30 heavy (non-hydrogen) atoms. The molecule has 0 heterocycles. The molecule has 6 heteroatoms. The molecule has 0 atom stereocenters. The second-order valence-electron chi connectivity index (χ2n) is 7.53. The van der Waals surface area contributed by atoms with E-state index in [4.69, 9.17) is 0 Å². The summed E-state index contributed by atoms with van der Waals surface area (Å²) in [4.78, 5) is 18.8. The van der Waals surface area contributed by atoms with Crippen LogP contribution in [0.4, 0.5) is 0 Å². The first-order chi connectivity index (χ1) is 14.5. The van der Waals surface area contributed by atoms with E-state index in [1.165, 1.54) is 103 Å². The number of rotatable bonds is 18. The monoisotopic (exact) mass is 430 g/mol. The number of carboxylic acid groups (broad SMARTS) is 2. The zero-order valence-corrected chi connectivity index (χ0v) is 20.3. The molecule has 4 N–H and O–H groups in total. The van der Waals surface area contributed by atoms with Gasteiger partial charge in [0.2, 0.25) is 0 Å². The van der Waals surface area contributed by atoms with Crippen LogP contribution in [0, 0.1) is 0 Å². The van der Waals surface area contributed by atoms with Crippen LogP contribution in [-0.4, -0.2) is 38.1 Å². The predicted octanol–water partition coefficient (Wildman–Crippen LogP) is 0.903. The Morgan fingerprint density at radius 1 is 0.533 bits per heavy atom. The number of carboxylic acids is 2. The van der Waals surface area contributed by atoms with E-state index in [0.29, 0.717) is 12.2 Å². The van der Waals surface area contributed by atoms with Crippen molar-refractivity contribution in [2.24, 2.45) is 0 Å². The van der Waals surface area contributed by atoms with Gasteiger partial charge in [0.1, 0.15) is 0 Å². The average molecular weight is 431 g/mol.